The third-order valence-corrected chi connectivity index (χ3v) is 2.11. The van der Waals surface area contributed by atoms with Crippen molar-refractivity contribution in [3.8, 4) is 0 Å². The van der Waals surface area contributed by atoms with E-state index < -0.39 is 0 Å². The molecule has 80 valence electrons. The Morgan fingerprint density at radius 2 is 1.88 bits per heavy atom. The highest BCUT2D eigenvalue weighted by Gasteiger charge is 1.98. The second-order valence-electron chi connectivity index (χ2n) is 2.98. The summed E-state index contributed by atoms with van der Waals surface area (Å²) in [5, 5.41) is 4.31. The van der Waals surface area contributed by atoms with Crippen molar-refractivity contribution in [2.45, 2.75) is 0 Å². The molecule has 0 amide bonds. The minimum Gasteiger partial charge on any atom is -0.259 e. The zero-order chi connectivity index (χ0) is 11.2. The molecule has 1 aromatic heterocycles. The van der Waals surface area contributed by atoms with E-state index in [1.807, 2.05) is 30.3 Å². The highest BCUT2D eigenvalue weighted by atomic mass is 35.5. The predicted molar refractivity (Wildman–Crippen MR) is 64.7 cm³/mol. The number of anilines is 1. The molecule has 0 radical (unpaired) electrons. The maximum atomic E-state index is 5.80. The Morgan fingerprint density at radius 1 is 1.12 bits per heavy atom. The molecule has 0 unspecified atom stereocenters. The van der Waals surface area contributed by atoms with Gasteiger partial charge in [-0.3, -0.25) is 5.43 Å². The first-order chi connectivity index (χ1) is 7.86. The van der Waals surface area contributed by atoms with Crippen LogP contribution in [0.25, 0.3) is 0 Å². The van der Waals surface area contributed by atoms with Crippen molar-refractivity contribution >= 4 is 23.6 Å². The van der Waals surface area contributed by atoms with Crippen LogP contribution in [0.1, 0.15) is 5.56 Å². The van der Waals surface area contributed by atoms with Gasteiger partial charge >= 0.3 is 0 Å². The van der Waals surface area contributed by atoms with Crippen molar-refractivity contribution in [1.29, 1.82) is 0 Å². The van der Waals surface area contributed by atoms with Gasteiger partial charge in [-0.25, -0.2) is 9.97 Å². The third kappa shape index (κ3) is 2.77. The Hall–Kier alpha value is -1.94. The summed E-state index contributed by atoms with van der Waals surface area (Å²) in [7, 11) is 0. The van der Waals surface area contributed by atoms with Crippen molar-refractivity contribution in [2.75, 3.05) is 5.43 Å². The Morgan fingerprint density at radius 3 is 2.62 bits per heavy atom. The van der Waals surface area contributed by atoms with E-state index in [1.54, 1.807) is 12.4 Å². The lowest BCUT2D eigenvalue weighted by atomic mass is 10.2. The number of rotatable bonds is 3. The van der Waals surface area contributed by atoms with Crippen molar-refractivity contribution in [1.82, 2.24) is 9.97 Å². The molecule has 16 heavy (non-hydrogen) atoms. The first-order valence-corrected chi connectivity index (χ1v) is 5.05. The number of nitrogens with zero attached hydrogens (tertiary/aromatic N) is 3. The fourth-order valence-electron chi connectivity index (χ4n) is 1.10. The van der Waals surface area contributed by atoms with Gasteiger partial charge in [0, 0.05) is 12.4 Å². The van der Waals surface area contributed by atoms with Crippen LogP contribution in [0.4, 0.5) is 5.82 Å². The maximum absolute atomic E-state index is 5.80. The quantitative estimate of drug-likeness (QED) is 0.654. The molecule has 0 bridgehead atoms. The van der Waals surface area contributed by atoms with E-state index >= 15 is 0 Å². The van der Waals surface area contributed by atoms with Gasteiger partial charge in [-0.1, -0.05) is 41.9 Å². The molecule has 1 N–H and O–H groups in total. The average Bonchev–Trinajstić information content (AvgIpc) is 2.33. The largest absolute Gasteiger partial charge is 0.259 e. The molecule has 5 heteroatoms. The normalized spacial score (nSPS) is 10.6. The Labute approximate surface area is 98.0 Å². The summed E-state index contributed by atoms with van der Waals surface area (Å²) in [5.74, 6) is 0.441. The standard InChI is InChI=1S/C11H9ClN4/c12-10-11(14-7-6-13-10)16-15-8-9-4-2-1-3-5-9/h1-8H,(H,14,16)/b15-8-. The third-order valence-electron chi connectivity index (χ3n) is 1.84. The van der Waals surface area contributed by atoms with Crippen LogP contribution in [0.2, 0.25) is 5.15 Å². The van der Waals surface area contributed by atoms with Crippen LogP contribution >= 0.6 is 11.6 Å². The summed E-state index contributed by atoms with van der Waals surface area (Å²) in [5.41, 5.74) is 3.72. The van der Waals surface area contributed by atoms with Crippen LogP contribution in [-0.2, 0) is 0 Å². The second-order valence-corrected chi connectivity index (χ2v) is 3.33. The fourth-order valence-corrected chi connectivity index (χ4v) is 1.25. The van der Waals surface area contributed by atoms with Gasteiger partial charge in [-0.15, -0.1) is 0 Å². The molecule has 2 rings (SSSR count). The first-order valence-electron chi connectivity index (χ1n) is 4.67. The molecule has 0 aliphatic carbocycles. The lowest BCUT2D eigenvalue weighted by Gasteiger charge is -1.99. The Kier molecular flexibility index (Phi) is 3.46. The zero-order valence-corrected chi connectivity index (χ0v) is 9.09. The van der Waals surface area contributed by atoms with Crippen LogP contribution in [0.3, 0.4) is 0 Å². The molecule has 4 nitrogen and oxygen atoms in total. The minimum atomic E-state index is 0.299. The molecule has 2 aromatic rings. The zero-order valence-electron chi connectivity index (χ0n) is 8.34. The van der Waals surface area contributed by atoms with Crippen molar-refractivity contribution in [2.24, 2.45) is 5.10 Å². The van der Waals surface area contributed by atoms with E-state index in [9.17, 15) is 0 Å². The summed E-state index contributed by atoms with van der Waals surface area (Å²) in [6.07, 6.45) is 4.76. The first kappa shape index (κ1) is 10.6. The summed E-state index contributed by atoms with van der Waals surface area (Å²) < 4.78 is 0. The SMILES string of the molecule is Clc1nccnc1N/N=C\c1ccccc1. The Balaban J connectivity index is 2.03. The second kappa shape index (κ2) is 5.23. The number of halogens is 1. The molecule has 0 aliphatic rings. The van der Waals surface area contributed by atoms with Gasteiger partial charge < -0.3 is 0 Å². The molecular formula is C11H9ClN4. The van der Waals surface area contributed by atoms with Gasteiger partial charge in [0.05, 0.1) is 6.21 Å². The van der Waals surface area contributed by atoms with Crippen molar-refractivity contribution < 1.29 is 0 Å². The number of hydrogen-bond donors (Lipinski definition) is 1. The Bertz CT molecular complexity index is 484. The molecule has 0 fully saturated rings. The van der Waals surface area contributed by atoms with E-state index in [2.05, 4.69) is 20.5 Å². The lowest BCUT2D eigenvalue weighted by molar-refractivity contribution is 1.16. The van der Waals surface area contributed by atoms with E-state index in [-0.39, 0.29) is 0 Å². The summed E-state index contributed by atoms with van der Waals surface area (Å²) in [6.45, 7) is 0. The number of nitrogens with one attached hydrogen (secondary N) is 1. The van der Waals surface area contributed by atoms with E-state index in [1.165, 1.54) is 6.20 Å². The number of hydrazone groups is 1. The lowest BCUT2D eigenvalue weighted by Crippen LogP contribution is -1.95. The maximum Gasteiger partial charge on any atom is 0.184 e. The minimum absolute atomic E-state index is 0.299. The van der Waals surface area contributed by atoms with Crippen LogP contribution in [0.5, 0.6) is 0 Å². The highest BCUT2D eigenvalue weighted by Crippen LogP contribution is 2.13. The van der Waals surface area contributed by atoms with Gasteiger partial charge in [-0.05, 0) is 5.56 Å². The van der Waals surface area contributed by atoms with E-state index in [4.69, 9.17) is 11.6 Å². The van der Waals surface area contributed by atoms with Gasteiger partial charge in [0.2, 0.25) is 0 Å². The predicted octanol–water partition coefficient (Wildman–Crippen LogP) is 2.58. The van der Waals surface area contributed by atoms with Gasteiger partial charge in [0.25, 0.3) is 0 Å². The molecule has 0 saturated heterocycles. The topological polar surface area (TPSA) is 50.2 Å². The summed E-state index contributed by atoms with van der Waals surface area (Å²) in [4.78, 5) is 7.86. The molecule has 1 heterocycles. The van der Waals surface area contributed by atoms with Crippen LogP contribution < -0.4 is 5.43 Å². The van der Waals surface area contributed by atoms with Gasteiger partial charge in [0.15, 0.2) is 11.0 Å². The molecular weight excluding hydrogens is 224 g/mol. The van der Waals surface area contributed by atoms with Crippen molar-refractivity contribution in [3.05, 3.63) is 53.4 Å². The molecule has 0 aliphatic heterocycles. The summed E-state index contributed by atoms with van der Waals surface area (Å²) >= 11 is 5.80. The van der Waals surface area contributed by atoms with E-state index in [0.29, 0.717) is 11.0 Å². The van der Waals surface area contributed by atoms with Crippen LogP contribution in [0.15, 0.2) is 47.8 Å². The molecule has 0 atom stereocenters. The average molecular weight is 233 g/mol. The number of aromatic nitrogens is 2. The smallest absolute Gasteiger partial charge is 0.184 e. The molecule has 1 aromatic carbocycles. The monoisotopic (exact) mass is 232 g/mol. The van der Waals surface area contributed by atoms with E-state index in [0.717, 1.165) is 5.56 Å². The molecule has 0 spiro atoms. The number of hydrogen-bond acceptors (Lipinski definition) is 4. The fraction of sp³-hybridized carbons (Fsp3) is 0. The van der Waals surface area contributed by atoms with Crippen molar-refractivity contribution in [3.63, 3.8) is 0 Å². The molecule has 0 saturated carbocycles. The van der Waals surface area contributed by atoms with Crippen LogP contribution in [-0.4, -0.2) is 16.2 Å². The van der Waals surface area contributed by atoms with Crippen LogP contribution in [0, 0.1) is 0 Å². The summed E-state index contributed by atoms with van der Waals surface area (Å²) in [6, 6.07) is 9.73. The van der Waals surface area contributed by atoms with Gasteiger partial charge in [0.1, 0.15) is 0 Å². The number of benzene rings is 1. The highest BCUT2D eigenvalue weighted by molar-refractivity contribution is 6.31. The van der Waals surface area contributed by atoms with Gasteiger partial charge in [-0.2, -0.15) is 5.10 Å².